The van der Waals surface area contributed by atoms with Gasteiger partial charge >= 0.3 is 5.69 Å². The van der Waals surface area contributed by atoms with E-state index in [9.17, 15) is 15.0 Å². The molecule has 0 unspecified atom stereocenters. The summed E-state index contributed by atoms with van der Waals surface area (Å²) in [6.07, 6.45) is -4.91. The van der Waals surface area contributed by atoms with Crippen LogP contribution in [0.1, 0.15) is 6.23 Å². The lowest BCUT2D eigenvalue weighted by molar-refractivity contribution is -0.0538. The summed E-state index contributed by atoms with van der Waals surface area (Å²) in [7, 11) is 0. The zero-order valence-electron chi connectivity index (χ0n) is 9.30. The van der Waals surface area contributed by atoms with Crippen LogP contribution in [0.25, 0.3) is 0 Å². The van der Waals surface area contributed by atoms with Crippen LogP contribution in [-0.2, 0) is 4.74 Å². The monoisotopic (exact) mass is 258 g/mol. The summed E-state index contributed by atoms with van der Waals surface area (Å²) in [5.41, 5.74) is 10.1. The molecule has 1 aliphatic heterocycles. The van der Waals surface area contributed by atoms with Gasteiger partial charge in [-0.05, 0) is 0 Å². The molecule has 9 nitrogen and oxygen atoms in total. The number of hydrogen-bond donors (Lipinski definition) is 5. The average molecular weight is 258 g/mol. The van der Waals surface area contributed by atoms with Crippen LogP contribution in [0.15, 0.2) is 10.9 Å². The molecule has 0 saturated carbocycles. The Bertz CT molecular complexity index is 504. The molecule has 2 heterocycles. The highest BCUT2D eigenvalue weighted by Gasteiger charge is 2.44. The molecule has 100 valence electrons. The molecule has 1 saturated heterocycles. The van der Waals surface area contributed by atoms with Crippen molar-refractivity contribution in [2.75, 3.05) is 18.1 Å². The average Bonchev–Trinajstić information content (AvgIpc) is 2.56. The highest BCUT2D eigenvalue weighted by molar-refractivity contribution is 5.41. The Labute approximate surface area is 101 Å². The summed E-state index contributed by atoms with van der Waals surface area (Å²) in [5, 5.41) is 28.3. The second-order valence-electron chi connectivity index (χ2n) is 3.99. The maximum absolute atomic E-state index is 11.7. The van der Waals surface area contributed by atoms with Gasteiger partial charge in [0, 0.05) is 6.07 Å². The van der Waals surface area contributed by atoms with Crippen molar-refractivity contribution in [2.45, 2.75) is 24.5 Å². The van der Waals surface area contributed by atoms with Crippen molar-refractivity contribution in [2.24, 2.45) is 0 Å². The van der Waals surface area contributed by atoms with Crippen LogP contribution in [0.2, 0.25) is 0 Å². The van der Waals surface area contributed by atoms with E-state index in [0.717, 1.165) is 4.57 Å². The number of aliphatic hydroxyl groups is 3. The third-order valence-electron chi connectivity index (χ3n) is 2.78. The third kappa shape index (κ3) is 1.93. The Morgan fingerprint density at radius 3 is 2.56 bits per heavy atom. The number of nitrogen functional groups attached to an aromatic ring is 2. The van der Waals surface area contributed by atoms with E-state index in [1.165, 1.54) is 6.07 Å². The minimum absolute atomic E-state index is 0.0534. The largest absolute Gasteiger partial charge is 0.394 e. The highest BCUT2D eigenvalue weighted by atomic mass is 16.6. The Morgan fingerprint density at radius 2 is 2.06 bits per heavy atom. The summed E-state index contributed by atoms with van der Waals surface area (Å²) in [5.74, 6) is -0.108. The van der Waals surface area contributed by atoms with Crippen molar-refractivity contribution < 1.29 is 20.1 Å². The minimum Gasteiger partial charge on any atom is -0.394 e. The first-order chi connectivity index (χ1) is 8.45. The Kier molecular flexibility index (Phi) is 3.22. The highest BCUT2D eigenvalue weighted by Crippen LogP contribution is 2.29. The summed E-state index contributed by atoms with van der Waals surface area (Å²) < 4.78 is 6.05. The number of rotatable bonds is 2. The molecular weight excluding hydrogens is 244 g/mol. The van der Waals surface area contributed by atoms with Crippen molar-refractivity contribution >= 4 is 11.6 Å². The zero-order chi connectivity index (χ0) is 13.4. The number of nitrogens with two attached hydrogens (primary N) is 2. The quantitative estimate of drug-likeness (QED) is 0.376. The topological polar surface area (TPSA) is 157 Å². The normalized spacial score (nSPS) is 31.7. The van der Waals surface area contributed by atoms with Crippen LogP contribution in [-0.4, -0.2) is 49.8 Å². The Morgan fingerprint density at radius 1 is 1.39 bits per heavy atom. The van der Waals surface area contributed by atoms with E-state index in [4.69, 9.17) is 21.3 Å². The van der Waals surface area contributed by atoms with E-state index >= 15 is 0 Å². The summed E-state index contributed by atoms with van der Waals surface area (Å²) in [6.45, 7) is -0.494. The first-order valence-corrected chi connectivity index (χ1v) is 5.22. The molecule has 1 aromatic rings. The van der Waals surface area contributed by atoms with Gasteiger partial charge in [-0.1, -0.05) is 0 Å². The predicted octanol–water partition coefficient (Wildman–Crippen LogP) is -2.98. The Hall–Kier alpha value is -1.68. The van der Waals surface area contributed by atoms with Crippen molar-refractivity contribution in [1.29, 1.82) is 0 Å². The van der Waals surface area contributed by atoms with Crippen LogP contribution in [0.5, 0.6) is 0 Å². The number of aromatic nitrogens is 2. The summed E-state index contributed by atoms with van der Waals surface area (Å²) in [6, 6.07) is 1.23. The van der Waals surface area contributed by atoms with Crippen molar-refractivity contribution in [1.82, 2.24) is 9.55 Å². The number of hydrogen-bond acceptors (Lipinski definition) is 8. The molecule has 2 rings (SSSR count). The van der Waals surface area contributed by atoms with Gasteiger partial charge in [0.2, 0.25) is 0 Å². The molecule has 1 fully saturated rings. The SMILES string of the molecule is Nc1cc(N)n([C@@H]2O[C@H](CO)[C@@H](O)[C@H]2O)c(=O)n1. The summed E-state index contributed by atoms with van der Waals surface area (Å²) >= 11 is 0. The minimum atomic E-state index is -1.40. The molecule has 0 amide bonds. The van der Waals surface area contributed by atoms with Gasteiger partial charge < -0.3 is 31.5 Å². The molecule has 0 spiro atoms. The van der Waals surface area contributed by atoms with Crippen LogP contribution in [0.4, 0.5) is 11.6 Å². The molecule has 9 heteroatoms. The fourth-order valence-corrected chi connectivity index (χ4v) is 1.88. The van der Waals surface area contributed by atoms with E-state index in [2.05, 4.69) is 4.98 Å². The standard InChI is InChI=1S/C9H14N4O5/c10-4-1-5(11)13(9(17)12-4)8-7(16)6(15)3(2-14)18-8/h1,3,6-8,14-16H,2,11H2,(H2,10,12,17)/t3-,6-,7-,8-/m1/s1. The molecule has 0 bridgehead atoms. The second kappa shape index (κ2) is 4.53. The number of aliphatic hydroxyl groups excluding tert-OH is 3. The molecule has 7 N–H and O–H groups in total. The number of nitrogens with zero attached hydrogens (tertiary/aromatic N) is 2. The van der Waals surface area contributed by atoms with Gasteiger partial charge in [0.15, 0.2) is 6.23 Å². The summed E-state index contributed by atoms with van der Waals surface area (Å²) in [4.78, 5) is 15.1. The lowest BCUT2D eigenvalue weighted by atomic mass is 10.1. The van der Waals surface area contributed by atoms with Gasteiger partial charge in [0.25, 0.3) is 0 Å². The zero-order valence-corrected chi connectivity index (χ0v) is 9.30. The van der Waals surface area contributed by atoms with Crippen LogP contribution in [0.3, 0.4) is 0 Å². The maximum atomic E-state index is 11.7. The number of ether oxygens (including phenoxy) is 1. The first kappa shape index (κ1) is 12.8. The lowest BCUT2D eigenvalue weighted by Crippen LogP contribution is -2.37. The van der Waals surface area contributed by atoms with Crippen LogP contribution >= 0.6 is 0 Å². The van der Waals surface area contributed by atoms with Crippen LogP contribution < -0.4 is 17.2 Å². The maximum Gasteiger partial charge on any atom is 0.353 e. The molecule has 0 aromatic carbocycles. The number of anilines is 2. The third-order valence-corrected chi connectivity index (χ3v) is 2.78. The Balaban J connectivity index is 2.42. The van der Waals surface area contributed by atoms with Gasteiger partial charge in [-0.15, -0.1) is 0 Å². The molecule has 0 radical (unpaired) electrons. The van der Waals surface area contributed by atoms with Crippen molar-refractivity contribution in [3.8, 4) is 0 Å². The van der Waals surface area contributed by atoms with Crippen molar-refractivity contribution in [3.05, 3.63) is 16.6 Å². The molecule has 18 heavy (non-hydrogen) atoms. The van der Waals surface area contributed by atoms with E-state index in [1.807, 2.05) is 0 Å². The van der Waals surface area contributed by atoms with Gasteiger partial charge in [-0.25, -0.2) is 9.36 Å². The predicted molar refractivity (Wildman–Crippen MR) is 60.3 cm³/mol. The lowest BCUT2D eigenvalue weighted by Gasteiger charge is -2.19. The van der Waals surface area contributed by atoms with E-state index in [1.54, 1.807) is 0 Å². The molecule has 1 aliphatic rings. The molecule has 4 atom stereocenters. The van der Waals surface area contributed by atoms with E-state index in [-0.39, 0.29) is 11.6 Å². The second-order valence-corrected chi connectivity index (χ2v) is 3.99. The molecule has 0 aliphatic carbocycles. The van der Waals surface area contributed by atoms with Gasteiger partial charge in [0.05, 0.1) is 6.61 Å². The van der Waals surface area contributed by atoms with E-state index in [0.29, 0.717) is 0 Å². The first-order valence-electron chi connectivity index (χ1n) is 5.22. The molecular formula is C9H14N4O5. The smallest absolute Gasteiger partial charge is 0.353 e. The fourth-order valence-electron chi connectivity index (χ4n) is 1.88. The fraction of sp³-hybridized carbons (Fsp3) is 0.556. The van der Waals surface area contributed by atoms with Gasteiger partial charge in [-0.3, -0.25) is 0 Å². The van der Waals surface area contributed by atoms with Crippen LogP contribution in [0, 0.1) is 0 Å². The van der Waals surface area contributed by atoms with Gasteiger partial charge in [-0.2, -0.15) is 4.98 Å². The van der Waals surface area contributed by atoms with E-state index < -0.39 is 36.8 Å². The van der Waals surface area contributed by atoms with Crippen molar-refractivity contribution in [3.63, 3.8) is 0 Å². The molecule has 1 aromatic heterocycles. The van der Waals surface area contributed by atoms with Gasteiger partial charge in [0.1, 0.15) is 29.9 Å².